The van der Waals surface area contributed by atoms with Gasteiger partial charge in [0.15, 0.2) is 6.61 Å². The summed E-state index contributed by atoms with van der Waals surface area (Å²) in [7, 11) is 2.48. The van der Waals surface area contributed by atoms with Gasteiger partial charge in [0.25, 0.3) is 5.91 Å². The number of rotatable bonds is 7. The second-order valence-electron chi connectivity index (χ2n) is 7.54. The number of nitrogens with one attached hydrogen (secondary N) is 1. The molecule has 0 saturated carbocycles. The van der Waals surface area contributed by atoms with Gasteiger partial charge in [-0.3, -0.25) is 4.79 Å². The molecule has 0 spiro atoms. The summed E-state index contributed by atoms with van der Waals surface area (Å²) in [5, 5.41) is 2.92. The van der Waals surface area contributed by atoms with Gasteiger partial charge in [-0.05, 0) is 67.5 Å². The van der Waals surface area contributed by atoms with Crippen molar-refractivity contribution in [2.24, 2.45) is 0 Å². The number of methoxy groups -OCH3 is 2. The van der Waals surface area contributed by atoms with Crippen LogP contribution in [0.4, 0.5) is 0 Å². The van der Waals surface area contributed by atoms with Gasteiger partial charge in [-0.15, -0.1) is 0 Å². The van der Waals surface area contributed by atoms with Crippen LogP contribution in [0, 0.1) is 0 Å². The molecule has 0 fully saturated rings. The van der Waals surface area contributed by atoms with Gasteiger partial charge in [0.2, 0.25) is 0 Å². The minimum atomic E-state index is -0.624. The molecule has 1 N–H and O–H groups in total. The Bertz CT molecular complexity index is 950. The molecule has 0 heterocycles. The third-order valence-electron chi connectivity index (χ3n) is 5.37. The lowest BCUT2D eigenvalue weighted by molar-refractivity contribution is -0.123. The van der Waals surface area contributed by atoms with Crippen LogP contribution in [0.3, 0.4) is 0 Å². The molecule has 7 heteroatoms. The lowest BCUT2D eigenvalue weighted by Gasteiger charge is -2.20. The molecule has 1 aliphatic carbocycles. The van der Waals surface area contributed by atoms with Gasteiger partial charge in [0, 0.05) is 0 Å². The number of aryl methyl sites for hydroxylation is 2. The minimum Gasteiger partial charge on any atom is -0.484 e. The molecule has 2 aromatic carbocycles. The van der Waals surface area contributed by atoms with Crippen LogP contribution in [0.1, 0.15) is 63.2 Å². The highest BCUT2D eigenvalue weighted by atomic mass is 16.5. The summed E-state index contributed by atoms with van der Waals surface area (Å²) < 4.78 is 14.9. The van der Waals surface area contributed by atoms with Crippen molar-refractivity contribution < 1.29 is 28.6 Å². The molecule has 2 aromatic rings. The average Bonchev–Trinajstić information content (AvgIpc) is 2.81. The quantitative estimate of drug-likeness (QED) is 0.684. The Morgan fingerprint density at radius 2 is 1.52 bits per heavy atom. The maximum Gasteiger partial charge on any atom is 0.338 e. The van der Waals surface area contributed by atoms with E-state index in [2.05, 4.69) is 23.5 Å². The zero-order valence-corrected chi connectivity index (χ0v) is 18.0. The van der Waals surface area contributed by atoms with E-state index in [4.69, 9.17) is 14.2 Å². The lowest BCUT2D eigenvalue weighted by Crippen LogP contribution is -2.31. The van der Waals surface area contributed by atoms with E-state index in [0.29, 0.717) is 0 Å². The van der Waals surface area contributed by atoms with Crippen molar-refractivity contribution in [1.82, 2.24) is 5.32 Å². The summed E-state index contributed by atoms with van der Waals surface area (Å²) in [6, 6.07) is 10.4. The van der Waals surface area contributed by atoms with Crippen LogP contribution in [-0.2, 0) is 27.1 Å². The van der Waals surface area contributed by atoms with E-state index in [1.165, 1.54) is 56.4 Å². The van der Waals surface area contributed by atoms with Crippen LogP contribution in [0.25, 0.3) is 0 Å². The van der Waals surface area contributed by atoms with E-state index in [0.717, 1.165) is 18.4 Å². The third kappa shape index (κ3) is 5.63. The van der Waals surface area contributed by atoms with Crippen molar-refractivity contribution in [1.29, 1.82) is 0 Å². The smallest absolute Gasteiger partial charge is 0.338 e. The van der Waals surface area contributed by atoms with Gasteiger partial charge >= 0.3 is 11.9 Å². The lowest BCUT2D eigenvalue weighted by atomic mass is 9.89. The van der Waals surface area contributed by atoms with Crippen molar-refractivity contribution in [3.8, 4) is 5.75 Å². The summed E-state index contributed by atoms with van der Waals surface area (Å²) in [5.41, 5.74) is 4.06. The van der Waals surface area contributed by atoms with Crippen LogP contribution >= 0.6 is 0 Å². The van der Waals surface area contributed by atoms with Crippen molar-refractivity contribution >= 4 is 17.8 Å². The fraction of sp³-hybridized carbons (Fsp3) is 0.375. The Morgan fingerprint density at radius 3 is 2.13 bits per heavy atom. The van der Waals surface area contributed by atoms with Gasteiger partial charge in [-0.25, -0.2) is 9.59 Å². The molecule has 1 amide bonds. The van der Waals surface area contributed by atoms with Crippen LogP contribution in [-0.4, -0.2) is 38.7 Å². The van der Waals surface area contributed by atoms with Gasteiger partial charge in [0.05, 0.1) is 31.4 Å². The zero-order valence-electron chi connectivity index (χ0n) is 18.0. The Morgan fingerprint density at radius 1 is 0.903 bits per heavy atom. The monoisotopic (exact) mass is 425 g/mol. The summed E-state index contributed by atoms with van der Waals surface area (Å²) in [6.07, 6.45) is 4.61. The predicted molar refractivity (Wildman–Crippen MR) is 114 cm³/mol. The first kappa shape index (κ1) is 22.3. The molecular formula is C24H27NO6. The maximum absolute atomic E-state index is 12.4. The first-order valence-electron chi connectivity index (χ1n) is 10.3. The van der Waals surface area contributed by atoms with Crippen molar-refractivity contribution in [3.63, 3.8) is 0 Å². The van der Waals surface area contributed by atoms with Crippen LogP contribution in [0.2, 0.25) is 0 Å². The number of hydrogen-bond acceptors (Lipinski definition) is 6. The van der Waals surface area contributed by atoms with E-state index in [1.54, 1.807) is 0 Å². The number of carbonyl (C=O) groups excluding carboxylic acids is 3. The normalized spacial score (nSPS) is 13.5. The molecule has 0 aliphatic heterocycles. The predicted octanol–water partition coefficient (Wildman–Crippen LogP) is 3.39. The topological polar surface area (TPSA) is 90.9 Å². The van der Waals surface area contributed by atoms with E-state index >= 15 is 0 Å². The molecular weight excluding hydrogens is 398 g/mol. The van der Waals surface area contributed by atoms with E-state index in [9.17, 15) is 14.4 Å². The maximum atomic E-state index is 12.4. The molecule has 1 atom stereocenters. The fourth-order valence-corrected chi connectivity index (χ4v) is 3.69. The van der Waals surface area contributed by atoms with Gasteiger partial charge in [0.1, 0.15) is 5.75 Å². The van der Waals surface area contributed by atoms with Gasteiger partial charge in [-0.1, -0.05) is 18.2 Å². The molecule has 164 valence electrons. The Kier molecular flexibility index (Phi) is 7.28. The second-order valence-corrected chi connectivity index (χ2v) is 7.54. The first-order chi connectivity index (χ1) is 14.9. The summed E-state index contributed by atoms with van der Waals surface area (Å²) in [5.74, 6) is -1.37. The molecule has 0 bridgehead atoms. The summed E-state index contributed by atoms with van der Waals surface area (Å²) >= 11 is 0. The SMILES string of the molecule is COC(=O)c1cc(OCC(=O)N[C@@H](C)c2ccc3c(c2)CCCC3)cc(C(=O)OC)c1. The summed E-state index contributed by atoms with van der Waals surface area (Å²) in [6.45, 7) is 1.66. The van der Waals surface area contributed by atoms with E-state index in [1.807, 2.05) is 6.92 Å². The number of ether oxygens (including phenoxy) is 3. The molecule has 1 aliphatic rings. The second kappa shape index (κ2) is 10.1. The van der Waals surface area contributed by atoms with Crippen LogP contribution in [0.5, 0.6) is 5.75 Å². The molecule has 3 rings (SSSR count). The number of carbonyl (C=O) groups is 3. The Hall–Kier alpha value is -3.35. The highest BCUT2D eigenvalue weighted by Gasteiger charge is 2.17. The van der Waals surface area contributed by atoms with Gasteiger partial charge < -0.3 is 19.5 Å². The van der Waals surface area contributed by atoms with E-state index in [-0.39, 0.29) is 35.4 Å². The highest BCUT2D eigenvalue weighted by molar-refractivity contribution is 5.96. The Balaban J connectivity index is 1.64. The largest absolute Gasteiger partial charge is 0.484 e. The van der Waals surface area contributed by atoms with Crippen LogP contribution < -0.4 is 10.1 Å². The zero-order chi connectivity index (χ0) is 22.4. The molecule has 31 heavy (non-hydrogen) atoms. The van der Waals surface area contributed by atoms with Crippen LogP contribution in [0.15, 0.2) is 36.4 Å². The minimum absolute atomic E-state index is 0.128. The first-order valence-corrected chi connectivity index (χ1v) is 10.3. The van der Waals surface area contributed by atoms with Crippen molar-refractivity contribution in [3.05, 3.63) is 64.2 Å². The standard InChI is InChI=1S/C24H27NO6/c1-15(17-9-8-16-6-4-5-7-18(16)10-17)25-22(26)14-31-21-12-19(23(27)29-2)11-20(13-21)24(28)30-3/h8-13,15H,4-7,14H2,1-3H3,(H,25,26)/t15-/m0/s1. The number of esters is 2. The number of benzene rings is 2. The average molecular weight is 425 g/mol. The molecule has 0 aromatic heterocycles. The van der Waals surface area contributed by atoms with E-state index < -0.39 is 11.9 Å². The summed E-state index contributed by atoms with van der Waals surface area (Å²) in [4.78, 5) is 36.1. The van der Waals surface area contributed by atoms with Gasteiger partial charge in [-0.2, -0.15) is 0 Å². The molecule has 0 radical (unpaired) electrons. The highest BCUT2D eigenvalue weighted by Crippen LogP contribution is 2.25. The van der Waals surface area contributed by atoms with Crippen molar-refractivity contribution in [2.45, 2.75) is 38.6 Å². The number of fused-ring (bicyclic) bond motifs is 1. The Labute approximate surface area is 181 Å². The third-order valence-corrected chi connectivity index (χ3v) is 5.37. The molecule has 7 nitrogen and oxygen atoms in total. The number of amides is 1. The van der Waals surface area contributed by atoms with Crippen molar-refractivity contribution in [2.75, 3.05) is 20.8 Å². The fourth-order valence-electron chi connectivity index (χ4n) is 3.69. The molecule has 0 unspecified atom stereocenters. The number of hydrogen-bond donors (Lipinski definition) is 1. The molecule has 0 saturated heterocycles.